The monoisotopic (exact) mass is 230 g/mol. The summed E-state index contributed by atoms with van der Waals surface area (Å²) in [4.78, 5) is 13.3. The Bertz CT molecular complexity index is 247. The van der Waals surface area contributed by atoms with Crippen LogP contribution in [0.4, 0.5) is 0 Å². The molecule has 0 bridgehead atoms. The number of likely N-dealkylation sites (N-methyl/N-ethyl adjacent to an activating group) is 1. The topological polar surface area (TPSA) is 61.8 Å². The van der Waals surface area contributed by atoms with E-state index in [9.17, 15) is 4.79 Å². The number of carbonyl (C=O) groups is 1. The molecule has 1 fully saturated rings. The molecule has 94 valence electrons. The van der Waals surface area contributed by atoms with Crippen LogP contribution in [0.25, 0.3) is 0 Å². The third-order valence-electron chi connectivity index (χ3n) is 3.24. The number of rotatable bonds is 5. The molecular weight excluding hydrogens is 208 g/mol. The van der Waals surface area contributed by atoms with Gasteiger partial charge in [0.15, 0.2) is 0 Å². The molecule has 2 atom stereocenters. The lowest BCUT2D eigenvalue weighted by Gasteiger charge is -2.33. The maximum atomic E-state index is 11.1. The van der Waals surface area contributed by atoms with Gasteiger partial charge in [-0.05, 0) is 20.4 Å². The summed E-state index contributed by atoms with van der Waals surface area (Å²) < 4.78 is 5.57. The van der Waals surface area contributed by atoms with Crippen LogP contribution in [0.5, 0.6) is 0 Å². The zero-order chi connectivity index (χ0) is 12.2. The van der Waals surface area contributed by atoms with Gasteiger partial charge in [-0.25, -0.2) is 0 Å². The van der Waals surface area contributed by atoms with Crippen molar-refractivity contribution in [2.24, 2.45) is 0 Å². The summed E-state index contributed by atoms with van der Waals surface area (Å²) in [5.74, 6) is -0.806. The molecule has 2 unspecified atom stereocenters. The van der Waals surface area contributed by atoms with Crippen LogP contribution in [0.3, 0.4) is 0 Å². The SMILES string of the molecule is CCC(C)(NCC1CN(C)CCO1)C(=O)O. The number of carboxylic acids is 1. The minimum absolute atomic E-state index is 0.0870. The second kappa shape index (κ2) is 5.61. The molecule has 1 aliphatic heterocycles. The molecule has 1 aliphatic rings. The summed E-state index contributed by atoms with van der Waals surface area (Å²) in [7, 11) is 2.05. The Labute approximate surface area is 96.8 Å². The quantitative estimate of drug-likeness (QED) is 0.704. The van der Waals surface area contributed by atoms with E-state index in [0.717, 1.165) is 19.7 Å². The van der Waals surface area contributed by atoms with Gasteiger partial charge in [-0.1, -0.05) is 6.92 Å². The summed E-state index contributed by atoms with van der Waals surface area (Å²) in [5.41, 5.74) is -0.848. The zero-order valence-electron chi connectivity index (χ0n) is 10.3. The molecule has 0 aromatic heterocycles. The fourth-order valence-corrected chi connectivity index (χ4v) is 1.68. The first-order valence-corrected chi connectivity index (χ1v) is 5.76. The largest absolute Gasteiger partial charge is 0.480 e. The number of morpholine rings is 1. The van der Waals surface area contributed by atoms with Crippen molar-refractivity contribution in [2.75, 3.05) is 33.3 Å². The van der Waals surface area contributed by atoms with Crippen molar-refractivity contribution in [3.63, 3.8) is 0 Å². The first kappa shape index (κ1) is 13.4. The van der Waals surface area contributed by atoms with E-state index in [-0.39, 0.29) is 6.10 Å². The number of hydrogen-bond acceptors (Lipinski definition) is 4. The third kappa shape index (κ3) is 3.43. The molecule has 5 nitrogen and oxygen atoms in total. The standard InChI is InChI=1S/C11H22N2O3/c1-4-11(2,10(14)15)12-7-9-8-13(3)5-6-16-9/h9,12H,4-8H2,1-3H3,(H,14,15). The van der Waals surface area contributed by atoms with Gasteiger partial charge in [0.25, 0.3) is 0 Å². The molecule has 0 radical (unpaired) electrons. The molecule has 0 saturated carbocycles. The average Bonchev–Trinajstić information content (AvgIpc) is 2.26. The highest BCUT2D eigenvalue weighted by molar-refractivity contribution is 5.78. The van der Waals surface area contributed by atoms with E-state index in [4.69, 9.17) is 9.84 Å². The summed E-state index contributed by atoms with van der Waals surface area (Å²) in [6, 6.07) is 0. The highest BCUT2D eigenvalue weighted by atomic mass is 16.5. The van der Waals surface area contributed by atoms with Crippen molar-refractivity contribution in [3.8, 4) is 0 Å². The molecule has 0 amide bonds. The number of nitrogens with zero attached hydrogens (tertiary/aromatic N) is 1. The van der Waals surface area contributed by atoms with Crippen LogP contribution in [-0.4, -0.2) is 60.9 Å². The Morgan fingerprint density at radius 1 is 1.69 bits per heavy atom. The molecule has 0 aliphatic carbocycles. The fourth-order valence-electron chi connectivity index (χ4n) is 1.68. The van der Waals surface area contributed by atoms with Gasteiger partial charge in [-0.3, -0.25) is 10.1 Å². The number of ether oxygens (including phenoxy) is 1. The highest BCUT2D eigenvalue weighted by Crippen LogP contribution is 2.10. The highest BCUT2D eigenvalue weighted by Gasteiger charge is 2.31. The summed E-state index contributed by atoms with van der Waals surface area (Å²) in [6.45, 7) is 6.68. The van der Waals surface area contributed by atoms with E-state index in [1.165, 1.54) is 0 Å². The molecule has 5 heteroatoms. The Morgan fingerprint density at radius 2 is 2.38 bits per heavy atom. The predicted octanol–water partition coefficient (Wildman–Crippen LogP) is 0.160. The summed E-state index contributed by atoms with van der Waals surface area (Å²) in [5, 5.41) is 12.2. The lowest BCUT2D eigenvalue weighted by molar-refractivity contribution is -0.144. The fraction of sp³-hybridized carbons (Fsp3) is 0.909. The smallest absolute Gasteiger partial charge is 0.323 e. The zero-order valence-corrected chi connectivity index (χ0v) is 10.3. The van der Waals surface area contributed by atoms with Crippen molar-refractivity contribution in [1.82, 2.24) is 10.2 Å². The number of aliphatic carboxylic acids is 1. The Hall–Kier alpha value is -0.650. The molecule has 0 aromatic carbocycles. The van der Waals surface area contributed by atoms with Crippen LogP contribution in [0, 0.1) is 0 Å². The lowest BCUT2D eigenvalue weighted by atomic mass is 9.99. The van der Waals surface area contributed by atoms with Crippen LogP contribution in [0.1, 0.15) is 20.3 Å². The van der Waals surface area contributed by atoms with Gasteiger partial charge >= 0.3 is 5.97 Å². The number of carboxylic acid groups (broad SMARTS) is 1. The van der Waals surface area contributed by atoms with Gasteiger partial charge < -0.3 is 14.7 Å². The van der Waals surface area contributed by atoms with Crippen LogP contribution < -0.4 is 5.32 Å². The van der Waals surface area contributed by atoms with Gasteiger partial charge in [-0.2, -0.15) is 0 Å². The van der Waals surface area contributed by atoms with Crippen molar-refractivity contribution in [1.29, 1.82) is 0 Å². The van der Waals surface area contributed by atoms with Crippen molar-refractivity contribution < 1.29 is 14.6 Å². The molecule has 16 heavy (non-hydrogen) atoms. The maximum Gasteiger partial charge on any atom is 0.323 e. The van der Waals surface area contributed by atoms with Crippen molar-refractivity contribution in [3.05, 3.63) is 0 Å². The van der Waals surface area contributed by atoms with Gasteiger partial charge in [0.1, 0.15) is 5.54 Å². The maximum absolute atomic E-state index is 11.1. The van der Waals surface area contributed by atoms with Gasteiger partial charge in [0.05, 0.1) is 12.7 Å². The molecular formula is C11H22N2O3. The molecule has 0 aromatic rings. The third-order valence-corrected chi connectivity index (χ3v) is 3.24. The second-order valence-electron chi connectivity index (χ2n) is 4.63. The van der Waals surface area contributed by atoms with Gasteiger partial charge in [0, 0.05) is 19.6 Å². The lowest BCUT2D eigenvalue weighted by Crippen LogP contribution is -2.54. The minimum atomic E-state index is -0.848. The second-order valence-corrected chi connectivity index (χ2v) is 4.63. The molecule has 1 heterocycles. The molecule has 0 spiro atoms. The van der Waals surface area contributed by atoms with Crippen LogP contribution >= 0.6 is 0 Å². The van der Waals surface area contributed by atoms with E-state index in [1.54, 1.807) is 6.92 Å². The Morgan fingerprint density at radius 3 is 2.88 bits per heavy atom. The first-order valence-electron chi connectivity index (χ1n) is 5.76. The summed E-state index contributed by atoms with van der Waals surface area (Å²) >= 11 is 0. The normalized spacial score (nSPS) is 26.3. The van der Waals surface area contributed by atoms with Crippen LogP contribution in [-0.2, 0) is 9.53 Å². The summed E-state index contributed by atoms with van der Waals surface area (Å²) in [6.07, 6.45) is 0.647. The molecule has 1 rings (SSSR count). The Kier molecular flexibility index (Phi) is 4.70. The molecule has 1 saturated heterocycles. The predicted molar refractivity (Wildman–Crippen MR) is 61.6 cm³/mol. The minimum Gasteiger partial charge on any atom is -0.480 e. The van der Waals surface area contributed by atoms with E-state index in [1.807, 2.05) is 14.0 Å². The van der Waals surface area contributed by atoms with E-state index in [2.05, 4.69) is 10.2 Å². The van der Waals surface area contributed by atoms with Crippen molar-refractivity contribution >= 4 is 5.97 Å². The van der Waals surface area contributed by atoms with Crippen LogP contribution in [0.15, 0.2) is 0 Å². The van der Waals surface area contributed by atoms with Crippen LogP contribution in [0.2, 0.25) is 0 Å². The van der Waals surface area contributed by atoms with E-state index >= 15 is 0 Å². The number of hydrogen-bond donors (Lipinski definition) is 2. The number of nitrogens with one attached hydrogen (secondary N) is 1. The first-order chi connectivity index (χ1) is 7.48. The van der Waals surface area contributed by atoms with Gasteiger partial charge in [-0.15, -0.1) is 0 Å². The Balaban J connectivity index is 2.40. The van der Waals surface area contributed by atoms with E-state index in [0.29, 0.717) is 13.0 Å². The molecule has 2 N–H and O–H groups in total. The van der Waals surface area contributed by atoms with Crippen molar-refractivity contribution in [2.45, 2.75) is 31.9 Å². The average molecular weight is 230 g/mol. The van der Waals surface area contributed by atoms with Gasteiger partial charge in [0.2, 0.25) is 0 Å². The van der Waals surface area contributed by atoms with E-state index < -0.39 is 11.5 Å².